The van der Waals surface area contributed by atoms with Crippen LogP contribution in [0.4, 0.5) is 0 Å². The van der Waals surface area contributed by atoms with Gasteiger partial charge in [0, 0.05) is 24.5 Å². The Balaban J connectivity index is 1.57. The van der Waals surface area contributed by atoms with Gasteiger partial charge in [0.25, 0.3) is 0 Å². The molecule has 0 saturated carbocycles. The molecule has 7 heteroatoms. The molecule has 2 N–H and O–H groups in total. The van der Waals surface area contributed by atoms with Crippen LogP contribution in [0.1, 0.15) is 59.7 Å². The fraction of sp³-hybridized carbons (Fsp3) is 0.476. The molecule has 1 atom stereocenters. The molecule has 2 aliphatic rings. The van der Waals surface area contributed by atoms with Crippen LogP contribution in [0.25, 0.3) is 0 Å². The number of rotatable bonds is 6. The zero-order valence-electron chi connectivity index (χ0n) is 16.1. The first-order valence-electron chi connectivity index (χ1n) is 9.87. The smallest absolute Gasteiger partial charge is 0.303 e. The molecule has 28 heavy (non-hydrogen) atoms. The van der Waals surface area contributed by atoms with Gasteiger partial charge < -0.3 is 10.1 Å². The molecule has 1 aromatic carbocycles. The van der Waals surface area contributed by atoms with Crippen molar-refractivity contribution >= 4 is 16.0 Å². The Morgan fingerprint density at radius 2 is 1.89 bits per heavy atom. The number of sulfonamides is 1. The van der Waals surface area contributed by atoms with Gasteiger partial charge in [-0.05, 0) is 73.8 Å². The molecule has 1 aliphatic carbocycles. The summed E-state index contributed by atoms with van der Waals surface area (Å²) in [4.78, 5) is 15.0. The Hall–Kier alpha value is -2.12. The van der Waals surface area contributed by atoms with Crippen molar-refractivity contribution in [2.45, 2.75) is 56.3 Å². The van der Waals surface area contributed by atoms with E-state index in [1.54, 1.807) is 16.4 Å². The van der Waals surface area contributed by atoms with Gasteiger partial charge in [0.1, 0.15) is 0 Å². The van der Waals surface area contributed by atoms with Crippen molar-refractivity contribution in [2.24, 2.45) is 0 Å². The monoisotopic (exact) mass is 402 g/mol. The molecule has 1 unspecified atom stereocenters. The number of nitrogens with one attached hydrogen (secondary N) is 1. The van der Waals surface area contributed by atoms with E-state index in [1.807, 2.05) is 19.1 Å². The van der Waals surface area contributed by atoms with E-state index in [-0.39, 0.29) is 12.3 Å². The van der Waals surface area contributed by atoms with Crippen molar-refractivity contribution < 1.29 is 18.3 Å². The molecular weight excluding hydrogens is 376 g/mol. The highest BCUT2D eigenvalue weighted by atomic mass is 32.2. The Kier molecular flexibility index (Phi) is 5.05. The standard InChI is InChI=1S/C21H26N2O4S/c1-14-18(21-16(13-20(24)25)6-9-19(21)22-14)12-15-4-7-17(8-5-15)28(26,27)23-10-2-3-11-23/h4-5,7-8,16,22H,2-3,6,9-13H2,1H3,(H,24,25). The van der Waals surface area contributed by atoms with Crippen LogP contribution in [-0.2, 0) is 27.7 Å². The van der Waals surface area contributed by atoms with Crippen molar-refractivity contribution in [1.82, 2.24) is 9.29 Å². The van der Waals surface area contributed by atoms with Gasteiger partial charge in [0.2, 0.25) is 10.0 Å². The third-order valence-corrected chi connectivity index (χ3v) is 7.93. The molecule has 1 aliphatic heterocycles. The maximum absolute atomic E-state index is 12.7. The van der Waals surface area contributed by atoms with Crippen LogP contribution in [0, 0.1) is 6.92 Å². The largest absolute Gasteiger partial charge is 0.481 e. The van der Waals surface area contributed by atoms with E-state index in [2.05, 4.69) is 4.98 Å². The van der Waals surface area contributed by atoms with Gasteiger partial charge in [-0.15, -0.1) is 0 Å². The number of aromatic nitrogens is 1. The minimum atomic E-state index is -3.40. The molecule has 0 bridgehead atoms. The number of aryl methyl sites for hydroxylation is 2. The highest BCUT2D eigenvalue weighted by Gasteiger charge is 2.30. The summed E-state index contributed by atoms with van der Waals surface area (Å²) in [6.07, 6.45) is 4.44. The third kappa shape index (κ3) is 3.49. The van der Waals surface area contributed by atoms with E-state index in [9.17, 15) is 18.3 Å². The molecule has 4 rings (SSSR count). The molecule has 1 aromatic heterocycles. The number of H-pyrrole nitrogens is 1. The zero-order valence-corrected chi connectivity index (χ0v) is 16.9. The maximum Gasteiger partial charge on any atom is 0.303 e. The number of hydrogen-bond acceptors (Lipinski definition) is 3. The number of carboxylic acids is 1. The average Bonchev–Trinajstić information content (AvgIpc) is 3.36. The number of aliphatic carboxylic acids is 1. The quantitative estimate of drug-likeness (QED) is 0.776. The molecule has 150 valence electrons. The molecular formula is C21H26N2O4S. The summed E-state index contributed by atoms with van der Waals surface area (Å²) in [5, 5.41) is 9.21. The number of carboxylic acid groups (broad SMARTS) is 1. The first-order valence-corrected chi connectivity index (χ1v) is 11.3. The first-order chi connectivity index (χ1) is 13.4. The van der Waals surface area contributed by atoms with Crippen molar-refractivity contribution in [3.63, 3.8) is 0 Å². The van der Waals surface area contributed by atoms with Crippen molar-refractivity contribution in [1.29, 1.82) is 0 Å². The number of benzene rings is 1. The van der Waals surface area contributed by atoms with Crippen LogP contribution in [0.2, 0.25) is 0 Å². The lowest BCUT2D eigenvalue weighted by molar-refractivity contribution is -0.137. The summed E-state index contributed by atoms with van der Waals surface area (Å²) in [6, 6.07) is 7.14. The second kappa shape index (κ2) is 7.37. The molecule has 1 saturated heterocycles. The zero-order chi connectivity index (χ0) is 19.9. The van der Waals surface area contributed by atoms with Gasteiger partial charge in [-0.25, -0.2) is 8.42 Å². The van der Waals surface area contributed by atoms with Crippen LogP contribution in [-0.4, -0.2) is 41.9 Å². The molecule has 1 fully saturated rings. The predicted molar refractivity (Wildman–Crippen MR) is 106 cm³/mol. The van der Waals surface area contributed by atoms with Gasteiger partial charge in [-0.3, -0.25) is 4.79 Å². The molecule has 6 nitrogen and oxygen atoms in total. The maximum atomic E-state index is 12.7. The van der Waals surface area contributed by atoms with E-state index in [4.69, 9.17) is 0 Å². The summed E-state index contributed by atoms with van der Waals surface area (Å²) >= 11 is 0. The van der Waals surface area contributed by atoms with E-state index < -0.39 is 16.0 Å². The Bertz CT molecular complexity index is 986. The van der Waals surface area contributed by atoms with E-state index in [0.717, 1.165) is 53.8 Å². The van der Waals surface area contributed by atoms with Crippen LogP contribution >= 0.6 is 0 Å². The molecule has 0 radical (unpaired) electrons. The number of carbonyl (C=O) groups is 1. The summed E-state index contributed by atoms with van der Waals surface area (Å²) in [7, 11) is -3.40. The minimum absolute atomic E-state index is 0.0577. The SMILES string of the molecule is Cc1[nH]c2c(c1Cc1ccc(S(=O)(=O)N3CCCC3)cc1)C(CC(=O)O)CC2. The second-order valence-electron chi connectivity index (χ2n) is 7.89. The topological polar surface area (TPSA) is 90.5 Å². The lowest BCUT2D eigenvalue weighted by Crippen LogP contribution is -2.27. The Labute approximate surface area is 165 Å². The van der Waals surface area contributed by atoms with Crippen LogP contribution in [0.3, 0.4) is 0 Å². The summed E-state index contributed by atoms with van der Waals surface area (Å²) < 4.78 is 26.9. The van der Waals surface area contributed by atoms with Crippen molar-refractivity contribution in [2.75, 3.05) is 13.1 Å². The van der Waals surface area contributed by atoms with Gasteiger partial charge >= 0.3 is 5.97 Å². The minimum Gasteiger partial charge on any atom is -0.481 e. The first kappa shape index (κ1) is 19.2. The fourth-order valence-electron chi connectivity index (χ4n) is 4.61. The van der Waals surface area contributed by atoms with Crippen molar-refractivity contribution in [3.05, 3.63) is 52.3 Å². The molecule has 0 spiro atoms. The third-order valence-electron chi connectivity index (χ3n) is 6.02. The van der Waals surface area contributed by atoms with Gasteiger partial charge in [0.15, 0.2) is 0 Å². The van der Waals surface area contributed by atoms with E-state index in [1.165, 1.54) is 0 Å². The number of fused-ring (bicyclic) bond motifs is 1. The lowest BCUT2D eigenvalue weighted by atomic mass is 9.92. The van der Waals surface area contributed by atoms with Crippen LogP contribution in [0.15, 0.2) is 29.2 Å². The highest BCUT2D eigenvalue weighted by molar-refractivity contribution is 7.89. The number of nitrogens with zero attached hydrogens (tertiary/aromatic N) is 1. The van der Waals surface area contributed by atoms with Gasteiger partial charge in [0.05, 0.1) is 11.3 Å². The lowest BCUT2D eigenvalue weighted by Gasteiger charge is -2.16. The molecule has 0 amide bonds. The highest BCUT2D eigenvalue weighted by Crippen LogP contribution is 2.40. The second-order valence-corrected chi connectivity index (χ2v) is 9.82. The van der Waals surface area contributed by atoms with Gasteiger partial charge in [-0.2, -0.15) is 4.31 Å². The number of aromatic amines is 1. The van der Waals surface area contributed by atoms with Gasteiger partial charge in [-0.1, -0.05) is 12.1 Å². The predicted octanol–water partition coefficient (Wildman–Crippen LogP) is 3.20. The Morgan fingerprint density at radius 3 is 2.54 bits per heavy atom. The number of hydrogen-bond donors (Lipinski definition) is 2. The van der Waals surface area contributed by atoms with Crippen LogP contribution in [0.5, 0.6) is 0 Å². The normalized spacial score (nSPS) is 19.8. The molecule has 2 aromatic rings. The van der Waals surface area contributed by atoms with E-state index >= 15 is 0 Å². The molecule has 2 heterocycles. The van der Waals surface area contributed by atoms with E-state index in [0.29, 0.717) is 24.4 Å². The summed E-state index contributed by atoms with van der Waals surface area (Å²) in [6.45, 7) is 3.23. The average molecular weight is 403 g/mol. The van der Waals surface area contributed by atoms with Crippen LogP contribution < -0.4 is 0 Å². The van der Waals surface area contributed by atoms with Crippen molar-refractivity contribution in [3.8, 4) is 0 Å². The summed E-state index contributed by atoms with van der Waals surface area (Å²) in [5.41, 5.74) is 5.59. The fourth-order valence-corrected chi connectivity index (χ4v) is 6.13. The summed E-state index contributed by atoms with van der Waals surface area (Å²) in [5.74, 6) is -0.707. The Morgan fingerprint density at radius 1 is 1.21 bits per heavy atom.